The largest absolute Gasteiger partial charge is 0.507 e. The van der Waals surface area contributed by atoms with E-state index in [2.05, 4.69) is 227 Å². The highest BCUT2D eigenvalue weighted by Gasteiger charge is 2.37. The second-order valence-electron chi connectivity index (χ2n) is 33.3. The van der Waals surface area contributed by atoms with Gasteiger partial charge in [-0.3, -0.25) is 0 Å². The fourth-order valence-electron chi connectivity index (χ4n) is 14.3. The maximum Gasteiger partial charge on any atom is 0.181 e. The lowest BCUT2D eigenvalue weighted by Gasteiger charge is -2.38. The SMILES string of the molecule is CC(C)=CCC/C(C)=C/CC(C)/C(C)=C/CC[C@]1(C)CCc2c(C)c(OP)c(C)c(C)c2O1.CC(C)=CCC/C(C)=C/CC/C(C)=C/CC[C@]1(C)CCc2c(C)c(O)c(C)c(C)c2O1.CC(C)=CCC/C(C)=C/CS(=O)(=O)c1ccc(C)cc1.CC/C(C)=C/CC[C@]1(C)CCc2c(C)c(OP)c(C)c(C)c2O1. The number of fused-ring (bicyclic) bond motifs is 3. The molecule has 3 unspecified atom stereocenters. The molecule has 3 aliphatic heterocycles. The average molecular weight is 1520 g/mol. The molecule has 594 valence electrons. The molecule has 0 saturated heterocycles. The number of phenolic OH excluding ortho intramolecular Hbond substituents is 1. The normalized spacial score (nSPS) is 18.4. The van der Waals surface area contributed by atoms with Gasteiger partial charge < -0.3 is 28.4 Å². The van der Waals surface area contributed by atoms with Crippen LogP contribution in [0.15, 0.2) is 134 Å². The van der Waals surface area contributed by atoms with Crippen LogP contribution in [0, 0.1) is 75.2 Å². The van der Waals surface area contributed by atoms with Crippen molar-refractivity contribution >= 4 is 28.8 Å². The molecule has 8 nitrogen and oxygen atoms in total. The molecular weight excluding hydrogens is 1380 g/mol. The molecule has 0 aromatic heterocycles. The zero-order valence-electron chi connectivity index (χ0n) is 72.2. The molecule has 0 bridgehead atoms. The highest BCUT2D eigenvalue weighted by Crippen LogP contribution is 2.48. The predicted molar refractivity (Wildman–Crippen MR) is 469 cm³/mol. The van der Waals surface area contributed by atoms with Crippen molar-refractivity contribution in [1.29, 1.82) is 0 Å². The Balaban J connectivity index is 0.000000307. The molecule has 11 heteroatoms. The van der Waals surface area contributed by atoms with Gasteiger partial charge in [0, 0.05) is 16.7 Å². The Morgan fingerprint density at radius 1 is 0.449 bits per heavy atom. The fourth-order valence-corrected chi connectivity index (χ4v) is 16.3. The van der Waals surface area contributed by atoms with Gasteiger partial charge in [0.25, 0.3) is 0 Å². The van der Waals surface area contributed by atoms with Gasteiger partial charge in [0.2, 0.25) is 0 Å². The molecule has 1 N–H and O–H groups in total. The first kappa shape index (κ1) is 93.5. The maximum absolute atomic E-state index is 12.2. The first-order chi connectivity index (χ1) is 50.2. The van der Waals surface area contributed by atoms with Crippen LogP contribution in [-0.2, 0) is 29.1 Å². The molecule has 107 heavy (non-hydrogen) atoms. The van der Waals surface area contributed by atoms with Crippen molar-refractivity contribution in [1.82, 2.24) is 0 Å². The number of aryl methyl sites for hydroxylation is 1. The minimum Gasteiger partial charge on any atom is -0.507 e. The van der Waals surface area contributed by atoms with E-state index in [1.807, 2.05) is 45.9 Å². The summed E-state index contributed by atoms with van der Waals surface area (Å²) in [6, 6.07) is 7.02. The number of ether oxygens (including phenoxy) is 3. The second-order valence-corrected chi connectivity index (χ2v) is 35.9. The molecule has 6 atom stereocenters. The molecule has 0 amide bonds. The van der Waals surface area contributed by atoms with Gasteiger partial charge in [-0.2, -0.15) is 0 Å². The molecule has 3 heterocycles. The van der Waals surface area contributed by atoms with Gasteiger partial charge in [0.15, 0.2) is 9.84 Å². The Kier molecular flexibility index (Phi) is 38.7. The van der Waals surface area contributed by atoms with Crippen LogP contribution in [0.25, 0.3) is 0 Å². The number of rotatable bonds is 30. The minimum absolute atomic E-state index is 0.0650. The van der Waals surface area contributed by atoms with E-state index in [4.69, 9.17) is 23.3 Å². The molecule has 4 aromatic rings. The third kappa shape index (κ3) is 29.4. The van der Waals surface area contributed by atoms with Gasteiger partial charge in [0.05, 0.1) is 29.6 Å². The number of hydrogen-bond acceptors (Lipinski definition) is 8. The molecular formula is C96H146O8P2S. The topological polar surface area (TPSA) is 101 Å². The highest BCUT2D eigenvalue weighted by molar-refractivity contribution is 7.91. The third-order valence-corrected chi connectivity index (χ3v) is 25.0. The van der Waals surface area contributed by atoms with E-state index in [0.29, 0.717) is 16.6 Å². The van der Waals surface area contributed by atoms with Crippen LogP contribution in [0.2, 0.25) is 0 Å². The average Bonchev–Trinajstić information content (AvgIpc) is 0.781. The van der Waals surface area contributed by atoms with Crippen molar-refractivity contribution in [3.8, 4) is 34.5 Å². The Hall–Kier alpha value is -5.85. The molecule has 4 aromatic carbocycles. The van der Waals surface area contributed by atoms with E-state index in [-0.39, 0.29) is 22.6 Å². The van der Waals surface area contributed by atoms with Crippen LogP contribution in [0.1, 0.15) is 312 Å². The summed E-state index contributed by atoms with van der Waals surface area (Å²) in [5, 5.41) is 10.4. The van der Waals surface area contributed by atoms with E-state index in [1.54, 1.807) is 12.1 Å². The summed E-state index contributed by atoms with van der Waals surface area (Å²) in [7, 11) is 1.57. The van der Waals surface area contributed by atoms with E-state index in [0.717, 1.165) is 185 Å². The van der Waals surface area contributed by atoms with E-state index in [9.17, 15) is 13.5 Å². The molecule has 0 radical (unpaired) electrons. The number of allylic oxidation sites excluding steroid dienone is 17. The van der Waals surface area contributed by atoms with E-state index < -0.39 is 9.84 Å². The van der Waals surface area contributed by atoms with Crippen molar-refractivity contribution in [2.45, 2.75) is 350 Å². The molecule has 0 spiro atoms. The van der Waals surface area contributed by atoms with Crippen LogP contribution in [0.4, 0.5) is 0 Å². The Bertz CT molecular complexity index is 4020. The predicted octanol–water partition coefficient (Wildman–Crippen LogP) is 28.4. The maximum atomic E-state index is 12.2. The quantitative estimate of drug-likeness (QED) is 0.0407. The standard InChI is InChI=1S/C30H47O2P.C29H44O2.C20H31O2P.C17H24O2S/c1-20(2)12-10-13-21(3)15-16-23(5)22(4)14-11-18-30(9)19-17-27-26(8)28(32-33)24(6)25(7)29(27)31-30;1-20(2)12-9-13-21(3)14-10-15-22(4)16-11-18-29(8)19-17-26-25(7)27(30)23(5)24(6)28(26)31-29;1-7-13(2)9-8-11-20(6)12-10-17-16(5)18(22-23)14(3)15(4)19(17)21-20;1-14(2)6-5-7-15(3)12-13-20(18,19)17-10-8-16(4)9-11-17/h12,14-15,23H,10-11,13,16-19,33H2,1-9H3;12,14,16,30H,9-11,13,15,17-19H2,1-8H3;9H,7-8,10-12,23H2,1-6H3;6,8-12H,5,7,13H2,1-4H3/b21-15+,22-14+;21-14+,22-16+;13-9+;15-12+/t23?,30-;29-;20-;/m111./s1. The number of hydrogen-bond donors (Lipinski definition) is 1. The second kappa shape index (κ2) is 44.3. The number of phenols is 1. The summed E-state index contributed by atoms with van der Waals surface area (Å²) >= 11 is 0. The van der Waals surface area contributed by atoms with Gasteiger partial charge >= 0.3 is 0 Å². The van der Waals surface area contributed by atoms with Crippen molar-refractivity contribution in [2.24, 2.45) is 5.92 Å². The summed E-state index contributed by atoms with van der Waals surface area (Å²) in [6.07, 6.45) is 44.3. The first-order valence-electron chi connectivity index (χ1n) is 40.2. The van der Waals surface area contributed by atoms with Gasteiger partial charge in [0.1, 0.15) is 51.3 Å². The summed E-state index contributed by atoms with van der Waals surface area (Å²) in [6.45, 7) is 58.3. The van der Waals surface area contributed by atoms with Crippen LogP contribution >= 0.6 is 18.9 Å². The first-order valence-corrected chi connectivity index (χ1v) is 42.8. The van der Waals surface area contributed by atoms with Gasteiger partial charge in [-0.25, -0.2) is 8.42 Å². The van der Waals surface area contributed by atoms with Gasteiger partial charge in [-0.15, -0.1) is 0 Å². The lowest BCUT2D eigenvalue weighted by atomic mass is 9.84. The summed E-state index contributed by atoms with van der Waals surface area (Å²) in [5.74, 6) is 6.26. The smallest absolute Gasteiger partial charge is 0.181 e. The fraction of sp³-hybridized carbons (Fsp3) is 0.562. The van der Waals surface area contributed by atoms with E-state index >= 15 is 0 Å². The van der Waals surface area contributed by atoms with Crippen LogP contribution in [-0.4, -0.2) is 36.1 Å². The van der Waals surface area contributed by atoms with Gasteiger partial charge in [-0.05, 0) is 382 Å². The molecule has 0 fully saturated rings. The van der Waals surface area contributed by atoms with E-state index in [1.165, 1.54) is 107 Å². The minimum atomic E-state index is -3.21. The molecule has 0 aliphatic carbocycles. The van der Waals surface area contributed by atoms with Gasteiger partial charge in [-0.1, -0.05) is 136 Å². The molecule has 3 aliphatic rings. The van der Waals surface area contributed by atoms with Crippen LogP contribution < -0.4 is 23.3 Å². The van der Waals surface area contributed by atoms with Crippen LogP contribution in [0.3, 0.4) is 0 Å². The van der Waals surface area contributed by atoms with Crippen molar-refractivity contribution in [3.63, 3.8) is 0 Å². The molecule has 0 saturated carbocycles. The van der Waals surface area contributed by atoms with Crippen molar-refractivity contribution in [2.75, 3.05) is 5.75 Å². The third-order valence-electron chi connectivity index (χ3n) is 22.9. The zero-order chi connectivity index (χ0) is 80.3. The number of aromatic hydroxyl groups is 1. The Morgan fingerprint density at radius 3 is 1.17 bits per heavy atom. The highest BCUT2D eigenvalue weighted by atomic mass is 32.2. The Morgan fingerprint density at radius 2 is 0.785 bits per heavy atom. The monoisotopic (exact) mass is 1520 g/mol. The summed E-state index contributed by atoms with van der Waals surface area (Å²) in [4.78, 5) is 0.399. The zero-order valence-corrected chi connectivity index (χ0v) is 75.3. The molecule has 7 rings (SSSR count). The Labute approximate surface area is 658 Å². The van der Waals surface area contributed by atoms with Crippen molar-refractivity contribution in [3.05, 3.63) is 201 Å². The summed E-state index contributed by atoms with van der Waals surface area (Å²) < 4.78 is 55.3. The summed E-state index contributed by atoms with van der Waals surface area (Å²) in [5.41, 5.74) is 27.5. The number of sulfone groups is 1. The lowest BCUT2D eigenvalue weighted by molar-refractivity contribution is 0.0556. The van der Waals surface area contributed by atoms with Crippen molar-refractivity contribution < 1.29 is 36.8 Å². The van der Waals surface area contributed by atoms with Crippen LogP contribution in [0.5, 0.6) is 34.5 Å². The lowest BCUT2D eigenvalue weighted by Crippen LogP contribution is -2.37. The number of benzene rings is 4.